The third-order valence-corrected chi connectivity index (χ3v) is 3.22. The lowest BCUT2D eigenvalue weighted by Crippen LogP contribution is -2.65. The van der Waals surface area contributed by atoms with Gasteiger partial charge in [0, 0.05) is 19.1 Å². The maximum absolute atomic E-state index is 12.0. The number of rotatable bonds is 3. The minimum atomic E-state index is -0.0336. The lowest BCUT2D eigenvalue weighted by Gasteiger charge is -2.50. The molecule has 1 unspecified atom stereocenters. The molecule has 0 aromatic heterocycles. The van der Waals surface area contributed by atoms with Crippen LogP contribution in [0.3, 0.4) is 0 Å². The highest BCUT2D eigenvalue weighted by Crippen LogP contribution is 2.26. The van der Waals surface area contributed by atoms with Crippen molar-refractivity contribution >= 4 is 5.91 Å². The molecule has 1 aliphatic rings. The number of nitrogens with two attached hydrogens (primary N) is 1. The quantitative estimate of drug-likeness (QED) is 0.732. The molecule has 0 aromatic rings. The first-order valence-corrected chi connectivity index (χ1v) is 5.66. The average molecular weight is 213 g/mol. The minimum Gasteiger partial charge on any atom is -0.343 e. The van der Waals surface area contributed by atoms with Gasteiger partial charge in [0.15, 0.2) is 0 Å². The van der Waals surface area contributed by atoms with Crippen molar-refractivity contribution in [2.45, 2.75) is 38.8 Å². The second-order valence-corrected chi connectivity index (χ2v) is 4.89. The molecule has 15 heavy (non-hydrogen) atoms. The maximum atomic E-state index is 12.0. The van der Waals surface area contributed by atoms with Gasteiger partial charge >= 0.3 is 0 Å². The molecule has 4 heteroatoms. The van der Waals surface area contributed by atoms with Crippen LogP contribution < -0.4 is 5.73 Å². The van der Waals surface area contributed by atoms with Crippen LogP contribution in [-0.4, -0.2) is 54.0 Å². The van der Waals surface area contributed by atoms with E-state index in [-0.39, 0.29) is 17.5 Å². The van der Waals surface area contributed by atoms with Crippen molar-refractivity contribution in [1.29, 1.82) is 0 Å². The predicted molar refractivity (Wildman–Crippen MR) is 61.6 cm³/mol. The Bertz CT molecular complexity index is 240. The van der Waals surface area contributed by atoms with Crippen LogP contribution in [0.2, 0.25) is 0 Å². The number of carbonyl (C=O) groups is 1. The number of carbonyl (C=O) groups excluding carboxylic acids is 1. The van der Waals surface area contributed by atoms with Gasteiger partial charge in [-0.05, 0) is 33.4 Å². The molecular weight excluding hydrogens is 190 g/mol. The highest BCUT2D eigenvalue weighted by Gasteiger charge is 2.42. The Morgan fingerprint density at radius 3 is 2.60 bits per heavy atom. The van der Waals surface area contributed by atoms with Crippen molar-refractivity contribution in [1.82, 2.24) is 9.80 Å². The number of likely N-dealkylation sites (N-methyl/N-ethyl adjacent to an activating group) is 2. The van der Waals surface area contributed by atoms with E-state index < -0.39 is 0 Å². The fourth-order valence-electron chi connectivity index (χ4n) is 2.64. The highest BCUT2D eigenvalue weighted by molar-refractivity contribution is 5.82. The summed E-state index contributed by atoms with van der Waals surface area (Å²) in [5.41, 5.74) is 5.63. The van der Waals surface area contributed by atoms with Gasteiger partial charge < -0.3 is 10.6 Å². The van der Waals surface area contributed by atoms with Crippen molar-refractivity contribution in [3.63, 3.8) is 0 Å². The van der Waals surface area contributed by atoms with Gasteiger partial charge in [-0.2, -0.15) is 0 Å². The van der Waals surface area contributed by atoms with Gasteiger partial charge in [-0.3, -0.25) is 9.69 Å². The van der Waals surface area contributed by atoms with Crippen LogP contribution in [0.25, 0.3) is 0 Å². The monoisotopic (exact) mass is 213 g/mol. The SMILES string of the molecule is CCN1C(CCN)C(=O)N(C)CC1(C)C. The van der Waals surface area contributed by atoms with Gasteiger partial charge in [-0.1, -0.05) is 6.92 Å². The molecule has 2 N–H and O–H groups in total. The summed E-state index contributed by atoms with van der Waals surface area (Å²) in [6.07, 6.45) is 0.750. The first kappa shape index (κ1) is 12.5. The summed E-state index contributed by atoms with van der Waals surface area (Å²) in [6, 6.07) is -0.0336. The molecule has 1 rings (SSSR count). The van der Waals surface area contributed by atoms with E-state index >= 15 is 0 Å². The highest BCUT2D eigenvalue weighted by atomic mass is 16.2. The Balaban J connectivity index is 2.90. The number of hydrogen-bond acceptors (Lipinski definition) is 3. The number of nitrogens with zero attached hydrogens (tertiary/aromatic N) is 2. The van der Waals surface area contributed by atoms with E-state index in [2.05, 4.69) is 25.7 Å². The average Bonchev–Trinajstić information content (AvgIpc) is 2.13. The van der Waals surface area contributed by atoms with Gasteiger partial charge in [0.1, 0.15) is 0 Å². The van der Waals surface area contributed by atoms with E-state index in [0.717, 1.165) is 19.5 Å². The Morgan fingerprint density at radius 1 is 1.53 bits per heavy atom. The lowest BCUT2D eigenvalue weighted by atomic mass is 9.93. The van der Waals surface area contributed by atoms with Gasteiger partial charge in [-0.25, -0.2) is 0 Å². The summed E-state index contributed by atoms with van der Waals surface area (Å²) in [7, 11) is 1.88. The molecule has 88 valence electrons. The first-order valence-electron chi connectivity index (χ1n) is 5.66. The van der Waals surface area contributed by atoms with Crippen LogP contribution in [-0.2, 0) is 4.79 Å². The molecule has 0 saturated carbocycles. The third kappa shape index (κ3) is 2.32. The second-order valence-electron chi connectivity index (χ2n) is 4.89. The second kappa shape index (κ2) is 4.49. The third-order valence-electron chi connectivity index (χ3n) is 3.22. The Morgan fingerprint density at radius 2 is 2.13 bits per heavy atom. The van der Waals surface area contributed by atoms with Gasteiger partial charge in [0.2, 0.25) is 5.91 Å². The first-order chi connectivity index (χ1) is 6.94. The van der Waals surface area contributed by atoms with Gasteiger partial charge in [0.05, 0.1) is 6.04 Å². The van der Waals surface area contributed by atoms with Gasteiger partial charge in [-0.15, -0.1) is 0 Å². The van der Waals surface area contributed by atoms with Crippen molar-refractivity contribution in [2.24, 2.45) is 5.73 Å². The summed E-state index contributed by atoms with van der Waals surface area (Å²) in [6.45, 7) is 8.73. The van der Waals surface area contributed by atoms with Crippen molar-refractivity contribution in [3.8, 4) is 0 Å². The van der Waals surface area contributed by atoms with Crippen LogP contribution in [0, 0.1) is 0 Å². The largest absolute Gasteiger partial charge is 0.343 e. The topological polar surface area (TPSA) is 49.6 Å². The summed E-state index contributed by atoms with van der Waals surface area (Å²) in [4.78, 5) is 16.1. The molecule has 1 saturated heterocycles. The molecule has 1 heterocycles. The standard InChI is InChI=1S/C11H23N3O/c1-5-14-9(6-7-12)10(15)13(4)8-11(14,2)3/h9H,5-8,12H2,1-4H3. The van der Waals surface area contributed by atoms with E-state index in [9.17, 15) is 4.79 Å². The van der Waals surface area contributed by atoms with Crippen molar-refractivity contribution in [3.05, 3.63) is 0 Å². The van der Waals surface area contributed by atoms with Crippen LogP contribution >= 0.6 is 0 Å². The fraction of sp³-hybridized carbons (Fsp3) is 0.909. The molecule has 0 aromatic carbocycles. The molecule has 0 bridgehead atoms. The summed E-state index contributed by atoms with van der Waals surface area (Å²) in [5.74, 6) is 0.210. The summed E-state index contributed by atoms with van der Waals surface area (Å²) < 4.78 is 0. The van der Waals surface area contributed by atoms with Gasteiger partial charge in [0.25, 0.3) is 0 Å². The molecule has 0 spiro atoms. The van der Waals surface area contributed by atoms with E-state index in [4.69, 9.17) is 5.73 Å². The zero-order valence-corrected chi connectivity index (χ0v) is 10.3. The molecule has 0 radical (unpaired) electrons. The molecule has 1 fully saturated rings. The predicted octanol–water partition coefficient (Wildman–Crippen LogP) is 0.276. The molecular formula is C11H23N3O. The molecule has 1 amide bonds. The number of amides is 1. The molecule has 4 nitrogen and oxygen atoms in total. The maximum Gasteiger partial charge on any atom is 0.239 e. The summed E-state index contributed by atoms with van der Waals surface area (Å²) >= 11 is 0. The Kier molecular flexibility index (Phi) is 3.73. The van der Waals surface area contributed by atoms with E-state index in [1.54, 1.807) is 0 Å². The van der Waals surface area contributed by atoms with Crippen LogP contribution in [0.15, 0.2) is 0 Å². The Hall–Kier alpha value is -0.610. The molecule has 1 atom stereocenters. The van der Waals surface area contributed by atoms with Crippen molar-refractivity contribution in [2.75, 3.05) is 26.7 Å². The number of hydrogen-bond donors (Lipinski definition) is 1. The van der Waals surface area contributed by atoms with Crippen molar-refractivity contribution < 1.29 is 4.79 Å². The van der Waals surface area contributed by atoms with Crippen LogP contribution in [0.1, 0.15) is 27.2 Å². The summed E-state index contributed by atoms with van der Waals surface area (Å²) in [5, 5.41) is 0. The number of piperazine rings is 1. The zero-order chi connectivity index (χ0) is 11.6. The zero-order valence-electron chi connectivity index (χ0n) is 10.3. The normalized spacial score (nSPS) is 27.1. The van der Waals surface area contributed by atoms with Crippen LogP contribution in [0.5, 0.6) is 0 Å². The van der Waals surface area contributed by atoms with E-state index in [1.165, 1.54) is 0 Å². The van der Waals surface area contributed by atoms with Crippen LogP contribution in [0.4, 0.5) is 0 Å². The van der Waals surface area contributed by atoms with E-state index in [1.807, 2.05) is 11.9 Å². The van der Waals surface area contributed by atoms with E-state index in [0.29, 0.717) is 6.54 Å². The fourth-order valence-corrected chi connectivity index (χ4v) is 2.64. The molecule has 0 aliphatic carbocycles. The Labute approximate surface area is 92.4 Å². The molecule has 1 aliphatic heterocycles. The lowest BCUT2D eigenvalue weighted by molar-refractivity contribution is -0.148. The minimum absolute atomic E-state index is 0.0336. The smallest absolute Gasteiger partial charge is 0.239 e.